The summed E-state index contributed by atoms with van der Waals surface area (Å²) in [6, 6.07) is 13.1. The summed E-state index contributed by atoms with van der Waals surface area (Å²) < 4.78 is 40.8. The van der Waals surface area contributed by atoms with Gasteiger partial charge in [0.05, 0.1) is 11.1 Å². The molecule has 0 atom stereocenters. The number of ether oxygens (including phenoxy) is 1. The maximum Gasteiger partial charge on any atom is 0.573 e. The van der Waals surface area contributed by atoms with E-state index in [1.165, 1.54) is 24.3 Å². The Hall–Kier alpha value is -2.59. The number of benzene rings is 2. The van der Waals surface area contributed by atoms with Gasteiger partial charge in [-0.25, -0.2) is 0 Å². The second-order valence-electron chi connectivity index (χ2n) is 5.18. The molecule has 1 heterocycles. The predicted octanol–water partition coefficient (Wildman–Crippen LogP) is 5.57. The molecule has 0 spiro atoms. The summed E-state index contributed by atoms with van der Waals surface area (Å²) in [7, 11) is 0. The minimum atomic E-state index is -4.73. The van der Waals surface area contributed by atoms with E-state index in [4.69, 9.17) is 0 Å². The fraction of sp³-hybridized carbons (Fsp3) is 0.111. The van der Waals surface area contributed by atoms with Gasteiger partial charge in [-0.3, -0.25) is 4.98 Å². The fourth-order valence-electron chi connectivity index (χ4n) is 2.60. The van der Waals surface area contributed by atoms with Crippen LogP contribution in [0.2, 0.25) is 0 Å². The molecule has 0 unspecified atom stereocenters. The number of halogens is 4. The van der Waals surface area contributed by atoms with E-state index < -0.39 is 6.36 Å². The zero-order chi connectivity index (χ0) is 18.0. The quantitative estimate of drug-likeness (QED) is 0.534. The summed E-state index contributed by atoms with van der Waals surface area (Å²) >= 11 is 3.37. The SMILES string of the molecule is N#Cc1c(CBr)cc(-c2ccc(OC(F)(F)F)cc2)c2ncccc12. The first-order chi connectivity index (χ1) is 11.9. The van der Waals surface area contributed by atoms with Crippen LogP contribution >= 0.6 is 15.9 Å². The molecule has 0 saturated carbocycles. The van der Waals surface area contributed by atoms with Gasteiger partial charge in [0.2, 0.25) is 0 Å². The standard InChI is InChI=1S/C18H10BrF3N2O/c19-9-12-8-15(17-14(16(12)10-23)2-1-7-24-17)11-3-5-13(6-4-11)25-18(20,21)22/h1-8H,9H2. The Morgan fingerprint density at radius 3 is 2.48 bits per heavy atom. The zero-order valence-electron chi connectivity index (χ0n) is 12.6. The molecule has 0 radical (unpaired) electrons. The highest BCUT2D eigenvalue weighted by atomic mass is 79.9. The molecule has 7 heteroatoms. The van der Waals surface area contributed by atoms with Gasteiger partial charge >= 0.3 is 6.36 Å². The monoisotopic (exact) mass is 406 g/mol. The van der Waals surface area contributed by atoms with E-state index in [9.17, 15) is 18.4 Å². The molecule has 0 aliphatic carbocycles. The summed E-state index contributed by atoms with van der Waals surface area (Å²) in [5.74, 6) is -0.289. The molecule has 126 valence electrons. The van der Waals surface area contributed by atoms with Crippen molar-refractivity contribution in [3.63, 3.8) is 0 Å². The Balaban J connectivity index is 2.14. The fourth-order valence-corrected chi connectivity index (χ4v) is 3.05. The van der Waals surface area contributed by atoms with Crippen LogP contribution in [0.3, 0.4) is 0 Å². The lowest BCUT2D eigenvalue weighted by Crippen LogP contribution is -2.16. The van der Waals surface area contributed by atoms with Crippen molar-refractivity contribution in [1.29, 1.82) is 5.26 Å². The molecule has 25 heavy (non-hydrogen) atoms. The van der Waals surface area contributed by atoms with Gasteiger partial charge in [-0.2, -0.15) is 5.26 Å². The first-order valence-electron chi connectivity index (χ1n) is 7.16. The van der Waals surface area contributed by atoms with Gasteiger partial charge in [0.25, 0.3) is 0 Å². The number of pyridine rings is 1. The second-order valence-corrected chi connectivity index (χ2v) is 5.74. The van der Waals surface area contributed by atoms with Crippen molar-refractivity contribution in [3.05, 3.63) is 59.8 Å². The molecule has 0 aliphatic heterocycles. The van der Waals surface area contributed by atoms with Crippen molar-refractivity contribution < 1.29 is 17.9 Å². The summed E-state index contributed by atoms with van der Waals surface area (Å²) in [5, 5.41) is 10.6. The van der Waals surface area contributed by atoms with Crippen molar-refractivity contribution in [2.75, 3.05) is 0 Å². The Labute approximate surface area is 149 Å². The third-order valence-electron chi connectivity index (χ3n) is 3.63. The van der Waals surface area contributed by atoms with Gasteiger partial charge in [-0.05, 0) is 41.5 Å². The maximum absolute atomic E-state index is 12.3. The molecule has 3 nitrogen and oxygen atoms in total. The summed E-state index contributed by atoms with van der Waals surface area (Å²) in [4.78, 5) is 4.35. The Kier molecular flexibility index (Phi) is 4.64. The first kappa shape index (κ1) is 17.2. The van der Waals surface area contributed by atoms with Gasteiger partial charge < -0.3 is 4.74 Å². The van der Waals surface area contributed by atoms with E-state index in [2.05, 4.69) is 31.7 Å². The first-order valence-corrected chi connectivity index (χ1v) is 8.28. The van der Waals surface area contributed by atoms with Gasteiger partial charge in [-0.15, -0.1) is 13.2 Å². The minimum Gasteiger partial charge on any atom is -0.406 e. The largest absolute Gasteiger partial charge is 0.573 e. The molecule has 0 fully saturated rings. The number of aromatic nitrogens is 1. The third-order valence-corrected chi connectivity index (χ3v) is 4.23. The van der Waals surface area contributed by atoms with Crippen LogP contribution in [0.4, 0.5) is 13.2 Å². The van der Waals surface area contributed by atoms with Crippen molar-refractivity contribution in [3.8, 4) is 22.9 Å². The lowest BCUT2D eigenvalue weighted by Gasteiger charge is -2.12. The molecule has 1 aromatic heterocycles. The number of alkyl halides is 4. The topological polar surface area (TPSA) is 45.9 Å². The van der Waals surface area contributed by atoms with E-state index in [0.717, 1.165) is 11.1 Å². The minimum absolute atomic E-state index is 0.289. The molecule has 0 N–H and O–H groups in total. The van der Waals surface area contributed by atoms with Crippen molar-refractivity contribution in [2.45, 2.75) is 11.7 Å². The zero-order valence-corrected chi connectivity index (χ0v) is 14.2. The van der Waals surface area contributed by atoms with Crippen molar-refractivity contribution >= 4 is 26.8 Å². The van der Waals surface area contributed by atoms with Crippen LogP contribution in [0.1, 0.15) is 11.1 Å². The van der Waals surface area contributed by atoms with E-state index in [1.54, 1.807) is 18.3 Å². The smallest absolute Gasteiger partial charge is 0.406 e. The molecule has 0 bridgehead atoms. The normalized spacial score (nSPS) is 11.3. The summed E-state index contributed by atoms with van der Waals surface area (Å²) in [5.41, 5.74) is 3.36. The molecular formula is C18H10BrF3N2O. The number of nitriles is 1. The van der Waals surface area contributed by atoms with Gasteiger partial charge in [-0.1, -0.05) is 28.1 Å². The van der Waals surface area contributed by atoms with E-state index >= 15 is 0 Å². The molecule has 0 aliphatic rings. The highest BCUT2D eigenvalue weighted by molar-refractivity contribution is 9.08. The lowest BCUT2D eigenvalue weighted by atomic mass is 9.95. The number of hydrogen-bond donors (Lipinski definition) is 0. The number of nitrogens with zero attached hydrogens (tertiary/aromatic N) is 2. The lowest BCUT2D eigenvalue weighted by molar-refractivity contribution is -0.274. The van der Waals surface area contributed by atoms with Crippen LogP contribution in [0, 0.1) is 11.3 Å². The van der Waals surface area contributed by atoms with Crippen LogP contribution < -0.4 is 4.74 Å². The molecular weight excluding hydrogens is 397 g/mol. The van der Waals surface area contributed by atoms with Crippen molar-refractivity contribution in [1.82, 2.24) is 4.98 Å². The molecule has 0 amide bonds. The Morgan fingerprint density at radius 2 is 1.88 bits per heavy atom. The molecule has 2 aromatic carbocycles. The summed E-state index contributed by atoms with van der Waals surface area (Å²) in [6.07, 6.45) is -3.12. The van der Waals surface area contributed by atoms with E-state index in [0.29, 0.717) is 27.4 Å². The highest BCUT2D eigenvalue weighted by Gasteiger charge is 2.31. The van der Waals surface area contributed by atoms with Crippen LogP contribution in [0.15, 0.2) is 48.7 Å². The number of fused-ring (bicyclic) bond motifs is 1. The van der Waals surface area contributed by atoms with Crippen LogP contribution in [-0.4, -0.2) is 11.3 Å². The number of hydrogen-bond acceptors (Lipinski definition) is 3. The third kappa shape index (κ3) is 3.59. The summed E-state index contributed by atoms with van der Waals surface area (Å²) in [6.45, 7) is 0. The van der Waals surface area contributed by atoms with E-state index in [-0.39, 0.29) is 5.75 Å². The maximum atomic E-state index is 12.3. The van der Waals surface area contributed by atoms with Gasteiger partial charge in [0, 0.05) is 22.5 Å². The Bertz CT molecular complexity index is 963. The van der Waals surface area contributed by atoms with Gasteiger partial charge in [0.1, 0.15) is 11.8 Å². The van der Waals surface area contributed by atoms with Crippen molar-refractivity contribution in [2.24, 2.45) is 0 Å². The van der Waals surface area contributed by atoms with Crippen LogP contribution in [0.5, 0.6) is 5.75 Å². The number of rotatable bonds is 3. The molecule has 3 rings (SSSR count). The van der Waals surface area contributed by atoms with Crippen LogP contribution in [-0.2, 0) is 5.33 Å². The highest BCUT2D eigenvalue weighted by Crippen LogP contribution is 2.34. The van der Waals surface area contributed by atoms with E-state index in [1.807, 2.05) is 6.07 Å². The molecule has 3 aromatic rings. The molecule has 0 saturated heterocycles. The second kappa shape index (κ2) is 6.73. The Morgan fingerprint density at radius 1 is 1.16 bits per heavy atom. The average Bonchev–Trinajstić information content (AvgIpc) is 2.59. The van der Waals surface area contributed by atoms with Crippen LogP contribution in [0.25, 0.3) is 22.0 Å². The van der Waals surface area contributed by atoms with Gasteiger partial charge in [0.15, 0.2) is 0 Å². The average molecular weight is 407 g/mol. The predicted molar refractivity (Wildman–Crippen MR) is 91.2 cm³/mol.